The zero-order valence-electron chi connectivity index (χ0n) is 8.50. The van der Waals surface area contributed by atoms with Crippen molar-refractivity contribution in [1.82, 2.24) is 9.38 Å². The summed E-state index contributed by atoms with van der Waals surface area (Å²) in [4.78, 5) is 4.28. The van der Waals surface area contributed by atoms with E-state index in [4.69, 9.17) is 0 Å². The molecule has 0 spiro atoms. The SMILES string of the molecule is Cc1nccn2c(C)c(C)[n+](C)c12. The Labute approximate surface area is 77.7 Å². The Hall–Kier alpha value is -1.38. The average Bonchev–Trinajstić information content (AvgIpc) is 2.33. The molecule has 13 heavy (non-hydrogen) atoms. The van der Waals surface area contributed by atoms with Crippen LogP contribution in [0.3, 0.4) is 0 Å². The highest BCUT2D eigenvalue weighted by Gasteiger charge is 2.18. The maximum absolute atomic E-state index is 4.28. The summed E-state index contributed by atoms with van der Waals surface area (Å²) in [6.45, 7) is 6.29. The van der Waals surface area contributed by atoms with Crippen LogP contribution < -0.4 is 4.57 Å². The van der Waals surface area contributed by atoms with Crippen LogP contribution in [0.15, 0.2) is 12.4 Å². The highest BCUT2D eigenvalue weighted by molar-refractivity contribution is 5.39. The topological polar surface area (TPSA) is 21.2 Å². The number of aromatic nitrogens is 3. The third-order valence-corrected chi connectivity index (χ3v) is 2.74. The van der Waals surface area contributed by atoms with Crippen LogP contribution in [0.1, 0.15) is 17.1 Å². The van der Waals surface area contributed by atoms with E-state index in [1.807, 2.05) is 19.3 Å². The van der Waals surface area contributed by atoms with Crippen molar-refractivity contribution in [3.8, 4) is 0 Å². The fraction of sp³-hybridized carbons (Fsp3) is 0.400. The average molecular weight is 176 g/mol. The molecule has 0 saturated carbocycles. The molecule has 0 amide bonds. The predicted molar refractivity (Wildman–Crippen MR) is 50.6 cm³/mol. The Balaban J connectivity index is 3.03. The second kappa shape index (κ2) is 2.55. The number of imidazole rings is 1. The van der Waals surface area contributed by atoms with Crippen LogP contribution in [-0.2, 0) is 7.05 Å². The molecular weight excluding hydrogens is 162 g/mol. The van der Waals surface area contributed by atoms with E-state index in [2.05, 4.69) is 34.8 Å². The van der Waals surface area contributed by atoms with E-state index < -0.39 is 0 Å². The smallest absolute Gasteiger partial charge is 0.249 e. The summed E-state index contributed by atoms with van der Waals surface area (Å²) in [7, 11) is 2.08. The fourth-order valence-corrected chi connectivity index (χ4v) is 1.77. The zero-order chi connectivity index (χ0) is 9.59. The molecule has 0 aliphatic carbocycles. The Kier molecular flexibility index (Phi) is 1.62. The quantitative estimate of drug-likeness (QED) is 0.550. The van der Waals surface area contributed by atoms with Gasteiger partial charge in [-0.3, -0.25) is 0 Å². The third kappa shape index (κ3) is 0.963. The van der Waals surface area contributed by atoms with Crippen LogP contribution in [0.5, 0.6) is 0 Å². The molecular formula is C10H14N3+. The molecule has 0 fully saturated rings. The van der Waals surface area contributed by atoms with Gasteiger partial charge in [-0.25, -0.2) is 9.55 Å². The van der Waals surface area contributed by atoms with Crippen LogP contribution in [0.2, 0.25) is 0 Å². The van der Waals surface area contributed by atoms with Crippen LogP contribution in [0, 0.1) is 20.8 Å². The largest absolute Gasteiger partial charge is 0.308 e. The highest BCUT2D eigenvalue weighted by atomic mass is 15.1. The molecule has 0 bridgehead atoms. The van der Waals surface area contributed by atoms with Crippen molar-refractivity contribution in [2.75, 3.05) is 0 Å². The van der Waals surface area contributed by atoms with Crippen LogP contribution >= 0.6 is 0 Å². The van der Waals surface area contributed by atoms with Crippen molar-refractivity contribution in [1.29, 1.82) is 0 Å². The summed E-state index contributed by atoms with van der Waals surface area (Å²) in [5, 5.41) is 0. The highest BCUT2D eigenvalue weighted by Crippen LogP contribution is 2.09. The van der Waals surface area contributed by atoms with E-state index in [0.29, 0.717) is 0 Å². The molecule has 2 aromatic rings. The van der Waals surface area contributed by atoms with E-state index in [1.165, 1.54) is 17.0 Å². The molecule has 2 rings (SSSR count). The molecule has 0 radical (unpaired) electrons. The first-order valence-electron chi connectivity index (χ1n) is 4.41. The summed E-state index contributed by atoms with van der Waals surface area (Å²) >= 11 is 0. The van der Waals surface area contributed by atoms with Crippen LogP contribution in [-0.4, -0.2) is 9.38 Å². The lowest BCUT2D eigenvalue weighted by molar-refractivity contribution is -0.651. The molecule has 2 aromatic heterocycles. The first-order valence-corrected chi connectivity index (χ1v) is 4.41. The normalized spacial score (nSPS) is 11.1. The van der Waals surface area contributed by atoms with Gasteiger partial charge in [-0.1, -0.05) is 0 Å². The fourth-order valence-electron chi connectivity index (χ4n) is 1.77. The maximum atomic E-state index is 4.28. The predicted octanol–water partition coefficient (Wildman–Crippen LogP) is 1.08. The summed E-state index contributed by atoms with van der Waals surface area (Å²) in [6, 6.07) is 0. The Morgan fingerprint density at radius 3 is 2.62 bits per heavy atom. The van der Waals surface area contributed by atoms with Crippen LogP contribution in [0.4, 0.5) is 0 Å². The summed E-state index contributed by atoms with van der Waals surface area (Å²) < 4.78 is 4.36. The minimum atomic E-state index is 1.07. The van der Waals surface area contributed by atoms with Gasteiger partial charge in [0.1, 0.15) is 23.3 Å². The molecule has 0 aliphatic heterocycles. The molecule has 0 aromatic carbocycles. The van der Waals surface area contributed by atoms with E-state index in [1.54, 1.807) is 0 Å². The Morgan fingerprint density at radius 1 is 1.31 bits per heavy atom. The number of hydrogen-bond acceptors (Lipinski definition) is 1. The van der Waals surface area contributed by atoms with Gasteiger partial charge in [0.15, 0.2) is 0 Å². The monoisotopic (exact) mass is 176 g/mol. The third-order valence-electron chi connectivity index (χ3n) is 2.74. The Bertz CT molecular complexity index is 468. The van der Waals surface area contributed by atoms with Crippen molar-refractivity contribution in [2.45, 2.75) is 20.8 Å². The molecule has 0 N–H and O–H groups in total. The molecule has 3 nitrogen and oxygen atoms in total. The number of aryl methyl sites for hydroxylation is 3. The summed E-state index contributed by atoms with van der Waals surface area (Å²) in [6.07, 6.45) is 3.85. The zero-order valence-corrected chi connectivity index (χ0v) is 8.50. The van der Waals surface area contributed by atoms with E-state index >= 15 is 0 Å². The van der Waals surface area contributed by atoms with Crippen molar-refractivity contribution >= 4 is 5.65 Å². The lowest BCUT2D eigenvalue weighted by atomic mass is 10.4. The van der Waals surface area contributed by atoms with Crippen molar-refractivity contribution < 1.29 is 4.57 Å². The molecule has 0 atom stereocenters. The first-order chi connectivity index (χ1) is 6.13. The standard InChI is InChI=1S/C10H14N3/c1-7-10-12(4)8(2)9(3)13(10)6-5-11-7/h5-6H,1-4H3/q+1. The second-order valence-corrected chi connectivity index (χ2v) is 3.44. The van der Waals surface area contributed by atoms with E-state index in [-0.39, 0.29) is 0 Å². The lowest BCUT2D eigenvalue weighted by Crippen LogP contribution is -2.30. The minimum absolute atomic E-state index is 1.07. The molecule has 0 unspecified atom stereocenters. The van der Waals surface area contributed by atoms with Gasteiger partial charge in [0.2, 0.25) is 0 Å². The van der Waals surface area contributed by atoms with Gasteiger partial charge in [0.05, 0.1) is 13.2 Å². The van der Waals surface area contributed by atoms with Gasteiger partial charge in [0.25, 0.3) is 0 Å². The van der Waals surface area contributed by atoms with Crippen LogP contribution in [0.25, 0.3) is 5.65 Å². The van der Waals surface area contributed by atoms with Gasteiger partial charge in [-0.15, -0.1) is 0 Å². The maximum Gasteiger partial charge on any atom is 0.308 e. The van der Waals surface area contributed by atoms with Crippen molar-refractivity contribution in [2.24, 2.45) is 7.05 Å². The second-order valence-electron chi connectivity index (χ2n) is 3.44. The van der Waals surface area contributed by atoms with E-state index in [9.17, 15) is 0 Å². The van der Waals surface area contributed by atoms with Gasteiger partial charge < -0.3 is 0 Å². The van der Waals surface area contributed by atoms with Gasteiger partial charge in [-0.2, -0.15) is 4.40 Å². The molecule has 2 heterocycles. The minimum Gasteiger partial charge on any atom is -0.249 e. The molecule has 0 aliphatic rings. The number of fused-ring (bicyclic) bond motifs is 1. The number of hydrogen-bond donors (Lipinski definition) is 0. The molecule has 0 saturated heterocycles. The van der Waals surface area contributed by atoms with Gasteiger partial charge in [-0.05, 0) is 6.92 Å². The van der Waals surface area contributed by atoms with Gasteiger partial charge in [0, 0.05) is 13.8 Å². The lowest BCUT2D eigenvalue weighted by Gasteiger charge is -1.91. The molecule has 3 heteroatoms. The van der Waals surface area contributed by atoms with Gasteiger partial charge >= 0.3 is 5.65 Å². The van der Waals surface area contributed by atoms with Crippen molar-refractivity contribution in [3.05, 3.63) is 29.5 Å². The summed E-state index contributed by atoms with van der Waals surface area (Å²) in [5.74, 6) is 0. The number of rotatable bonds is 0. The Morgan fingerprint density at radius 2 is 2.00 bits per heavy atom. The number of nitrogens with zero attached hydrogens (tertiary/aromatic N) is 3. The first kappa shape index (κ1) is 8.23. The molecule has 68 valence electrons. The van der Waals surface area contributed by atoms with E-state index in [0.717, 1.165) is 5.69 Å². The van der Waals surface area contributed by atoms with Crippen molar-refractivity contribution in [3.63, 3.8) is 0 Å². The summed E-state index contributed by atoms with van der Waals surface area (Å²) in [5.41, 5.74) is 4.82.